The maximum absolute atomic E-state index is 13.8. The maximum atomic E-state index is 13.8. The molecule has 10 heteroatoms. The topological polar surface area (TPSA) is 80.5 Å². The average Bonchev–Trinajstić information content (AvgIpc) is 3.01. The summed E-state index contributed by atoms with van der Waals surface area (Å²) in [6, 6.07) is 6.81. The van der Waals surface area contributed by atoms with Crippen LogP contribution in [0.15, 0.2) is 52.7 Å². The first-order valence-corrected chi connectivity index (χ1v) is 10.5. The normalized spacial score (nSPS) is 13.5. The molecule has 3 aromatic rings. The first-order valence-electron chi connectivity index (χ1n) is 9.01. The molecule has 0 spiro atoms. The number of nitrogens with one attached hydrogen (secondary N) is 1. The van der Waals surface area contributed by atoms with E-state index in [1.807, 2.05) is 4.72 Å². The lowest BCUT2D eigenvalue weighted by molar-refractivity contribution is -0.154. The van der Waals surface area contributed by atoms with Crippen molar-refractivity contribution in [2.75, 3.05) is 0 Å². The smallest absolute Gasteiger partial charge is 0.345 e. The minimum Gasteiger partial charge on any atom is -0.345 e. The quantitative estimate of drug-likeness (QED) is 0.556. The van der Waals surface area contributed by atoms with Crippen molar-refractivity contribution in [2.45, 2.75) is 44.4 Å². The second kappa shape index (κ2) is 7.84. The van der Waals surface area contributed by atoms with Crippen LogP contribution in [0.3, 0.4) is 0 Å². The molecule has 0 saturated carbocycles. The summed E-state index contributed by atoms with van der Waals surface area (Å²) in [4.78, 5) is 10.6. The van der Waals surface area contributed by atoms with E-state index in [4.69, 9.17) is 0 Å². The van der Waals surface area contributed by atoms with Gasteiger partial charge in [-0.25, -0.2) is 8.42 Å². The van der Waals surface area contributed by atoms with Crippen LogP contribution in [0.2, 0.25) is 0 Å². The van der Waals surface area contributed by atoms with E-state index in [-0.39, 0.29) is 10.6 Å². The summed E-state index contributed by atoms with van der Waals surface area (Å²) in [5, 5.41) is 3.41. The van der Waals surface area contributed by atoms with Crippen molar-refractivity contribution in [3.63, 3.8) is 0 Å². The fourth-order valence-electron chi connectivity index (χ4n) is 3.63. The van der Waals surface area contributed by atoms with Crippen molar-refractivity contribution in [1.29, 1.82) is 0 Å². The number of hydrogen-bond donors (Lipinski definition) is 1. The van der Waals surface area contributed by atoms with E-state index in [0.717, 1.165) is 5.56 Å². The van der Waals surface area contributed by atoms with Crippen LogP contribution in [0.1, 0.15) is 16.7 Å². The minimum atomic E-state index is -4.84. The van der Waals surface area contributed by atoms with Crippen molar-refractivity contribution < 1.29 is 21.6 Å². The molecule has 0 aliphatic heterocycles. The van der Waals surface area contributed by atoms with Gasteiger partial charge in [-0.05, 0) is 60.7 Å². The van der Waals surface area contributed by atoms with Gasteiger partial charge in [-0.3, -0.25) is 0 Å². The molecule has 6 nitrogen and oxygen atoms in total. The molecule has 3 rings (SSSR count). The number of aryl methyl sites for hydroxylation is 3. The Bertz CT molecular complexity index is 1190. The molecule has 1 heterocycles. The molecule has 0 saturated heterocycles. The Morgan fingerprint density at radius 3 is 2.27 bits per heavy atom. The molecule has 1 unspecified atom stereocenters. The number of sulfonamides is 1. The lowest BCUT2D eigenvalue weighted by atomic mass is 10.1. The van der Waals surface area contributed by atoms with E-state index < -0.39 is 28.8 Å². The summed E-state index contributed by atoms with van der Waals surface area (Å²) in [6.45, 7) is 4.18. The molecular formula is C20H20F3N3O3S. The van der Waals surface area contributed by atoms with E-state index in [1.165, 1.54) is 22.9 Å². The third-order valence-electron chi connectivity index (χ3n) is 4.81. The number of nitroso groups, excluding NO2 is 1. The molecule has 30 heavy (non-hydrogen) atoms. The third kappa shape index (κ3) is 4.39. The minimum absolute atomic E-state index is 0.0671. The highest BCUT2D eigenvalue weighted by Gasteiger charge is 2.43. The molecule has 160 valence electrons. The molecule has 0 aliphatic rings. The predicted octanol–water partition coefficient (Wildman–Crippen LogP) is 4.87. The first-order chi connectivity index (χ1) is 13.9. The van der Waals surface area contributed by atoms with Gasteiger partial charge in [-0.1, -0.05) is 23.8 Å². The van der Waals surface area contributed by atoms with Crippen LogP contribution >= 0.6 is 0 Å². The van der Waals surface area contributed by atoms with E-state index >= 15 is 0 Å². The predicted molar refractivity (Wildman–Crippen MR) is 108 cm³/mol. The lowest BCUT2D eigenvalue weighted by Crippen LogP contribution is -2.48. The highest BCUT2D eigenvalue weighted by molar-refractivity contribution is 7.89. The number of fused-ring (bicyclic) bond motifs is 1. The first kappa shape index (κ1) is 22.0. The fraction of sp³-hybridized carbons (Fsp3) is 0.300. The summed E-state index contributed by atoms with van der Waals surface area (Å²) in [6.07, 6.45) is -3.43. The lowest BCUT2D eigenvalue weighted by Gasteiger charge is -2.24. The Balaban J connectivity index is 2.00. The van der Waals surface area contributed by atoms with Crippen LogP contribution in [-0.4, -0.2) is 25.2 Å². The van der Waals surface area contributed by atoms with Gasteiger partial charge in [-0.15, -0.1) is 4.91 Å². The van der Waals surface area contributed by atoms with Gasteiger partial charge in [0.25, 0.3) is 0 Å². The zero-order valence-corrected chi connectivity index (χ0v) is 17.3. The van der Waals surface area contributed by atoms with E-state index in [2.05, 4.69) is 5.18 Å². The number of alkyl halides is 3. The monoisotopic (exact) mass is 439 g/mol. The Kier molecular flexibility index (Phi) is 5.74. The maximum Gasteiger partial charge on any atom is 0.406 e. The Hall–Kier alpha value is -2.72. The van der Waals surface area contributed by atoms with Gasteiger partial charge in [-0.2, -0.15) is 17.9 Å². The molecule has 0 aliphatic carbocycles. The zero-order chi connectivity index (χ0) is 22.3. The van der Waals surface area contributed by atoms with Crippen molar-refractivity contribution in [3.05, 3.63) is 64.2 Å². The Morgan fingerprint density at radius 1 is 1.07 bits per heavy atom. The molecule has 1 N–H and O–H groups in total. The molecular weight excluding hydrogens is 419 g/mol. The highest BCUT2D eigenvalue weighted by atomic mass is 32.2. The molecule has 1 atom stereocenters. The SMILES string of the molecule is Cc1cc(C)c(S(=O)(=O)NC(Cn2ccc3ccc(N=O)cc32)C(F)(F)F)c(C)c1. The van der Waals surface area contributed by atoms with Crippen molar-refractivity contribution in [2.24, 2.45) is 5.18 Å². The van der Waals surface area contributed by atoms with Crippen LogP contribution in [0.4, 0.5) is 18.9 Å². The van der Waals surface area contributed by atoms with Gasteiger partial charge in [0.05, 0.1) is 10.4 Å². The molecule has 0 radical (unpaired) electrons. The van der Waals surface area contributed by atoms with Crippen molar-refractivity contribution >= 4 is 26.6 Å². The summed E-state index contributed by atoms with van der Waals surface area (Å²) < 4.78 is 70.1. The second-order valence-corrected chi connectivity index (χ2v) is 8.90. The number of aromatic nitrogens is 1. The van der Waals surface area contributed by atoms with Crippen LogP contribution in [0, 0.1) is 25.7 Å². The summed E-state index contributed by atoms with van der Waals surface area (Å²) >= 11 is 0. The van der Waals surface area contributed by atoms with Crippen LogP contribution in [-0.2, 0) is 16.6 Å². The zero-order valence-electron chi connectivity index (χ0n) is 16.5. The van der Waals surface area contributed by atoms with Gasteiger partial charge in [0.1, 0.15) is 11.7 Å². The summed E-state index contributed by atoms with van der Waals surface area (Å²) in [5.74, 6) is 0. The van der Waals surface area contributed by atoms with E-state index in [9.17, 15) is 26.5 Å². The van der Waals surface area contributed by atoms with E-state index in [0.29, 0.717) is 22.0 Å². The average molecular weight is 439 g/mol. The largest absolute Gasteiger partial charge is 0.406 e. The fourth-order valence-corrected chi connectivity index (χ4v) is 5.30. The van der Waals surface area contributed by atoms with Gasteiger partial charge in [0.15, 0.2) is 0 Å². The van der Waals surface area contributed by atoms with Gasteiger partial charge < -0.3 is 4.57 Å². The number of halogens is 3. The van der Waals surface area contributed by atoms with Crippen molar-refractivity contribution in [1.82, 2.24) is 9.29 Å². The van der Waals surface area contributed by atoms with Crippen molar-refractivity contribution in [3.8, 4) is 0 Å². The van der Waals surface area contributed by atoms with Gasteiger partial charge in [0, 0.05) is 12.7 Å². The number of nitrogens with zero attached hydrogens (tertiary/aromatic N) is 2. The molecule has 0 bridgehead atoms. The van der Waals surface area contributed by atoms with Crippen LogP contribution < -0.4 is 4.72 Å². The van der Waals surface area contributed by atoms with E-state index in [1.54, 1.807) is 45.0 Å². The Morgan fingerprint density at radius 2 is 1.70 bits per heavy atom. The molecule has 0 amide bonds. The number of benzene rings is 2. The highest BCUT2D eigenvalue weighted by Crippen LogP contribution is 2.28. The summed E-state index contributed by atoms with van der Waals surface area (Å²) in [7, 11) is -4.44. The molecule has 2 aromatic carbocycles. The standard InChI is InChI=1S/C20H20F3N3O3S/c1-12-8-13(2)19(14(3)9-12)30(28,29)25-18(20(21,22)23)11-26-7-6-15-4-5-16(24-27)10-17(15)26/h4-10,18,25H,11H2,1-3H3. The van der Waals surface area contributed by atoms with Crippen LogP contribution in [0.25, 0.3) is 10.9 Å². The second-order valence-electron chi connectivity index (χ2n) is 7.25. The molecule has 0 fully saturated rings. The number of hydrogen-bond acceptors (Lipinski definition) is 4. The summed E-state index contributed by atoms with van der Waals surface area (Å²) in [5.41, 5.74) is 1.97. The Labute approximate surface area is 171 Å². The van der Waals surface area contributed by atoms with Gasteiger partial charge >= 0.3 is 6.18 Å². The molecule has 1 aromatic heterocycles. The third-order valence-corrected chi connectivity index (χ3v) is 6.58. The number of rotatable bonds is 6. The van der Waals surface area contributed by atoms with Gasteiger partial charge in [0.2, 0.25) is 10.0 Å². The van der Waals surface area contributed by atoms with Crippen LogP contribution in [0.5, 0.6) is 0 Å².